The van der Waals surface area contributed by atoms with Crippen LogP contribution in [0.5, 0.6) is 0 Å². The molecule has 1 heterocycles. The van der Waals surface area contributed by atoms with Crippen LogP contribution in [0, 0.1) is 0 Å². The van der Waals surface area contributed by atoms with Crippen LogP contribution in [0.15, 0.2) is 40.8 Å². The molecule has 2 aromatic rings. The summed E-state index contributed by atoms with van der Waals surface area (Å²) < 4.78 is 29.9. The Morgan fingerprint density at radius 3 is 2.83 bits per heavy atom. The molecule has 0 spiro atoms. The molecule has 6 nitrogen and oxygen atoms in total. The summed E-state index contributed by atoms with van der Waals surface area (Å²) >= 11 is 0. The van der Waals surface area contributed by atoms with Crippen LogP contribution in [0.1, 0.15) is 46.3 Å². The second-order valence-corrected chi connectivity index (χ2v) is 7.81. The quantitative estimate of drug-likeness (QED) is 0.866. The summed E-state index contributed by atoms with van der Waals surface area (Å²) in [5, 5.41) is 3.01. The third-order valence-electron chi connectivity index (χ3n) is 4.07. The number of fused-ring (bicyclic) bond motifs is 1. The highest BCUT2D eigenvalue weighted by atomic mass is 32.2. The number of rotatable bonds is 5. The van der Waals surface area contributed by atoms with Crippen molar-refractivity contribution in [2.24, 2.45) is 0 Å². The normalized spacial score (nSPS) is 17.3. The van der Waals surface area contributed by atoms with E-state index in [4.69, 9.17) is 4.42 Å². The summed E-state index contributed by atoms with van der Waals surface area (Å²) in [5.41, 5.74) is 2.43. The van der Waals surface area contributed by atoms with Gasteiger partial charge in [0, 0.05) is 0 Å². The van der Waals surface area contributed by atoms with E-state index >= 15 is 0 Å². The van der Waals surface area contributed by atoms with E-state index in [9.17, 15) is 13.2 Å². The van der Waals surface area contributed by atoms with Crippen molar-refractivity contribution in [1.82, 2.24) is 10.0 Å². The Kier molecular flexibility index (Phi) is 4.73. The number of nitrogens with one attached hydrogen (secondary N) is 2. The number of carbonyl (C=O) groups excluding carboxylic acids is 1. The zero-order valence-corrected chi connectivity index (χ0v) is 14.2. The number of carbonyl (C=O) groups is 1. The first-order chi connectivity index (χ1) is 11.4. The second-order valence-electron chi connectivity index (χ2n) is 5.98. The fourth-order valence-electron chi connectivity index (χ4n) is 2.93. The van der Waals surface area contributed by atoms with Crippen molar-refractivity contribution >= 4 is 15.9 Å². The maximum Gasteiger partial charge on any atom is 0.287 e. The SMILES string of the molecule is CS(=O)(=O)NCc1ccc(C(=O)NC2CCCc3ccccc32)o1. The summed E-state index contributed by atoms with van der Waals surface area (Å²) in [6.45, 7) is 0.0262. The van der Waals surface area contributed by atoms with Gasteiger partial charge in [-0.05, 0) is 42.5 Å². The molecule has 0 fully saturated rings. The molecule has 1 atom stereocenters. The number of sulfonamides is 1. The van der Waals surface area contributed by atoms with Crippen LogP contribution in [-0.4, -0.2) is 20.6 Å². The lowest BCUT2D eigenvalue weighted by Gasteiger charge is -2.25. The van der Waals surface area contributed by atoms with Crippen molar-refractivity contribution in [2.45, 2.75) is 31.8 Å². The van der Waals surface area contributed by atoms with Crippen LogP contribution in [-0.2, 0) is 23.0 Å². The summed E-state index contributed by atoms with van der Waals surface area (Å²) in [6, 6.07) is 11.3. The minimum absolute atomic E-state index is 0.0230. The summed E-state index contributed by atoms with van der Waals surface area (Å²) in [6.07, 6.45) is 4.03. The first-order valence-electron chi connectivity index (χ1n) is 7.84. The molecule has 24 heavy (non-hydrogen) atoms. The van der Waals surface area contributed by atoms with E-state index in [0.29, 0.717) is 5.76 Å². The molecule has 1 unspecified atom stereocenters. The molecule has 7 heteroatoms. The minimum Gasteiger partial charge on any atom is -0.455 e. The summed E-state index contributed by atoms with van der Waals surface area (Å²) in [5.74, 6) is 0.292. The zero-order valence-electron chi connectivity index (χ0n) is 13.4. The van der Waals surface area contributed by atoms with Gasteiger partial charge in [0.1, 0.15) is 5.76 Å². The molecule has 1 aromatic heterocycles. The lowest BCUT2D eigenvalue weighted by atomic mass is 9.88. The van der Waals surface area contributed by atoms with Crippen LogP contribution in [0.2, 0.25) is 0 Å². The zero-order chi connectivity index (χ0) is 17.2. The van der Waals surface area contributed by atoms with Crippen molar-refractivity contribution in [2.75, 3.05) is 6.26 Å². The predicted octanol–water partition coefficient (Wildman–Crippen LogP) is 2.14. The molecule has 2 N–H and O–H groups in total. The van der Waals surface area contributed by atoms with Crippen LogP contribution >= 0.6 is 0 Å². The van der Waals surface area contributed by atoms with Gasteiger partial charge in [-0.1, -0.05) is 24.3 Å². The van der Waals surface area contributed by atoms with E-state index in [1.807, 2.05) is 18.2 Å². The Morgan fingerprint density at radius 2 is 2.04 bits per heavy atom. The van der Waals surface area contributed by atoms with E-state index < -0.39 is 10.0 Å². The molecule has 1 aliphatic rings. The van der Waals surface area contributed by atoms with Crippen LogP contribution in [0.3, 0.4) is 0 Å². The smallest absolute Gasteiger partial charge is 0.287 e. The Morgan fingerprint density at radius 1 is 1.25 bits per heavy atom. The molecule has 0 bridgehead atoms. The van der Waals surface area contributed by atoms with Crippen molar-refractivity contribution in [3.05, 3.63) is 59.0 Å². The number of aryl methyl sites for hydroxylation is 1. The molecule has 3 rings (SSSR count). The molecular weight excluding hydrogens is 328 g/mol. The highest BCUT2D eigenvalue weighted by Gasteiger charge is 2.23. The van der Waals surface area contributed by atoms with E-state index in [1.54, 1.807) is 12.1 Å². The van der Waals surface area contributed by atoms with Crippen LogP contribution < -0.4 is 10.0 Å². The molecule has 0 saturated carbocycles. The van der Waals surface area contributed by atoms with Gasteiger partial charge in [-0.25, -0.2) is 13.1 Å². The van der Waals surface area contributed by atoms with Crippen molar-refractivity contribution in [1.29, 1.82) is 0 Å². The molecule has 1 amide bonds. The number of amides is 1. The number of furan rings is 1. The highest BCUT2D eigenvalue weighted by molar-refractivity contribution is 7.88. The Bertz CT molecular complexity index is 842. The number of hydrogen-bond acceptors (Lipinski definition) is 4. The first kappa shape index (κ1) is 16.7. The average molecular weight is 348 g/mol. The summed E-state index contributed by atoms with van der Waals surface area (Å²) in [4.78, 5) is 12.4. The van der Waals surface area contributed by atoms with E-state index in [1.165, 1.54) is 5.56 Å². The Hall–Kier alpha value is -2.12. The van der Waals surface area contributed by atoms with Gasteiger partial charge in [0.05, 0.1) is 18.8 Å². The number of hydrogen-bond donors (Lipinski definition) is 2. The largest absolute Gasteiger partial charge is 0.455 e. The second kappa shape index (κ2) is 6.78. The Labute approximate surface area is 141 Å². The van der Waals surface area contributed by atoms with E-state index in [-0.39, 0.29) is 24.3 Å². The lowest BCUT2D eigenvalue weighted by molar-refractivity contribution is 0.0903. The van der Waals surface area contributed by atoms with Gasteiger partial charge in [0.25, 0.3) is 5.91 Å². The average Bonchev–Trinajstić information content (AvgIpc) is 3.02. The van der Waals surface area contributed by atoms with Gasteiger partial charge in [-0.3, -0.25) is 4.79 Å². The Balaban J connectivity index is 1.67. The van der Waals surface area contributed by atoms with E-state index in [2.05, 4.69) is 16.1 Å². The topological polar surface area (TPSA) is 88.4 Å². The maximum absolute atomic E-state index is 12.4. The van der Waals surface area contributed by atoms with Gasteiger partial charge >= 0.3 is 0 Å². The minimum atomic E-state index is -3.30. The van der Waals surface area contributed by atoms with Gasteiger partial charge in [-0.2, -0.15) is 0 Å². The fraction of sp³-hybridized carbons (Fsp3) is 0.353. The molecule has 0 saturated heterocycles. The van der Waals surface area contributed by atoms with Crippen molar-refractivity contribution < 1.29 is 17.6 Å². The number of benzene rings is 1. The molecule has 128 valence electrons. The highest BCUT2D eigenvalue weighted by Crippen LogP contribution is 2.29. The molecule has 0 radical (unpaired) electrons. The predicted molar refractivity (Wildman–Crippen MR) is 90.0 cm³/mol. The molecule has 0 aliphatic heterocycles. The third-order valence-corrected chi connectivity index (χ3v) is 4.74. The third kappa shape index (κ3) is 4.04. The van der Waals surface area contributed by atoms with Crippen LogP contribution in [0.25, 0.3) is 0 Å². The molecular formula is C17H20N2O4S. The first-order valence-corrected chi connectivity index (χ1v) is 9.73. The van der Waals surface area contributed by atoms with Crippen molar-refractivity contribution in [3.8, 4) is 0 Å². The lowest BCUT2D eigenvalue weighted by Crippen LogP contribution is -2.30. The van der Waals surface area contributed by atoms with E-state index in [0.717, 1.165) is 31.1 Å². The van der Waals surface area contributed by atoms with Crippen molar-refractivity contribution in [3.63, 3.8) is 0 Å². The van der Waals surface area contributed by atoms with Gasteiger partial charge in [0.15, 0.2) is 5.76 Å². The summed E-state index contributed by atoms with van der Waals surface area (Å²) in [7, 11) is -3.30. The standard InChI is InChI=1S/C17H20N2O4S/c1-24(21,22)18-11-13-9-10-16(23-13)17(20)19-15-8-4-6-12-5-2-3-7-14(12)15/h2-3,5,7,9-10,15,18H,4,6,8,11H2,1H3,(H,19,20). The fourth-order valence-corrected chi connectivity index (χ4v) is 3.33. The van der Waals surface area contributed by atoms with Crippen LogP contribution in [0.4, 0.5) is 0 Å². The maximum atomic E-state index is 12.4. The molecule has 1 aliphatic carbocycles. The van der Waals surface area contributed by atoms with Gasteiger partial charge in [-0.15, -0.1) is 0 Å². The monoisotopic (exact) mass is 348 g/mol. The van der Waals surface area contributed by atoms with Gasteiger partial charge in [0.2, 0.25) is 10.0 Å². The molecule has 1 aromatic carbocycles. The van der Waals surface area contributed by atoms with Gasteiger partial charge < -0.3 is 9.73 Å².